The number of nitrogens with one attached hydrogen (secondary N) is 2. The van der Waals surface area contributed by atoms with Crippen molar-refractivity contribution < 1.29 is 27.2 Å². The number of rotatable bonds is 4. The van der Waals surface area contributed by atoms with Crippen LogP contribution in [0, 0.1) is 3.57 Å². The molecule has 0 saturated heterocycles. The largest absolute Gasteiger partial charge is 0.464 e. The number of pyridine rings is 1. The van der Waals surface area contributed by atoms with Gasteiger partial charge in [-0.1, -0.05) is 0 Å². The fourth-order valence-electron chi connectivity index (χ4n) is 2.77. The first-order valence-electron chi connectivity index (χ1n) is 8.05. The number of primary amides is 1. The SMILES string of the molecule is NC(=O)c1sc2nc(C(F)(F)F)cc(-c3ccco3)c2c1NC(=O)c1[nH]ncc1I. The molecular formula is C17H9F3IN5O3S. The summed E-state index contributed by atoms with van der Waals surface area (Å²) in [5.74, 6) is -1.47. The molecule has 0 bridgehead atoms. The first-order valence-corrected chi connectivity index (χ1v) is 9.95. The van der Waals surface area contributed by atoms with Crippen LogP contribution in [0.3, 0.4) is 0 Å². The van der Waals surface area contributed by atoms with Crippen molar-refractivity contribution >= 4 is 61.6 Å². The Morgan fingerprint density at radius 3 is 2.67 bits per heavy atom. The number of alkyl halides is 3. The maximum atomic E-state index is 13.4. The minimum absolute atomic E-state index is 0.00989. The zero-order valence-corrected chi connectivity index (χ0v) is 17.5. The number of nitrogens with two attached hydrogens (primary N) is 1. The number of hydrogen-bond acceptors (Lipinski definition) is 6. The number of carbonyl (C=O) groups excluding carboxylic acids is 2. The van der Waals surface area contributed by atoms with E-state index in [0.29, 0.717) is 14.9 Å². The Bertz CT molecular complexity index is 1280. The Kier molecular flexibility index (Phi) is 5.01. The molecule has 8 nitrogen and oxygen atoms in total. The molecule has 154 valence electrons. The van der Waals surface area contributed by atoms with E-state index < -0.39 is 23.7 Å². The van der Waals surface area contributed by atoms with Gasteiger partial charge >= 0.3 is 6.18 Å². The van der Waals surface area contributed by atoms with E-state index in [0.717, 1.165) is 6.07 Å². The van der Waals surface area contributed by atoms with Gasteiger partial charge in [0.1, 0.15) is 26.9 Å². The number of halogens is 4. The summed E-state index contributed by atoms with van der Waals surface area (Å²) in [5.41, 5.74) is 4.33. The summed E-state index contributed by atoms with van der Waals surface area (Å²) in [5, 5.41) is 8.94. The van der Waals surface area contributed by atoms with Crippen molar-refractivity contribution in [2.75, 3.05) is 5.32 Å². The van der Waals surface area contributed by atoms with Crippen molar-refractivity contribution in [3.05, 3.63) is 50.5 Å². The second-order valence-electron chi connectivity index (χ2n) is 5.93. The summed E-state index contributed by atoms with van der Waals surface area (Å²) in [6.07, 6.45) is -2.02. The van der Waals surface area contributed by atoms with Crippen molar-refractivity contribution in [1.29, 1.82) is 0 Å². The maximum Gasteiger partial charge on any atom is 0.433 e. The van der Waals surface area contributed by atoms with Gasteiger partial charge in [-0.25, -0.2) is 4.98 Å². The Hall–Kier alpha value is -2.94. The van der Waals surface area contributed by atoms with E-state index in [1.807, 2.05) is 22.6 Å². The van der Waals surface area contributed by atoms with Crippen LogP contribution in [0.25, 0.3) is 21.5 Å². The molecule has 30 heavy (non-hydrogen) atoms. The average molecular weight is 547 g/mol. The van der Waals surface area contributed by atoms with Crippen molar-refractivity contribution in [2.24, 2.45) is 5.73 Å². The third kappa shape index (κ3) is 3.54. The minimum Gasteiger partial charge on any atom is -0.464 e. The quantitative estimate of drug-likeness (QED) is 0.330. The number of aromatic nitrogens is 3. The number of carbonyl (C=O) groups is 2. The van der Waals surface area contributed by atoms with Crippen molar-refractivity contribution in [3.8, 4) is 11.3 Å². The van der Waals surface area contributed by atoms with Gasteiger partial charge in [-0.05, 0) is 40.8 Å². The molecule has 4 N–H and O–H groups in total. The van der Waals surface area contributed by atoms with Crippen molar-refractivity contribution in [3.63, 3.8) is 0 Å². The first-order chi connectivity index (χ1) is 14.2. The predicted octanol–water partition coefficient (Wildman–Crippen LogP) is 4.25. The second-order valence-corrected chi connectivity index (χ2v) is 8.09. The number of H-pyrrole nitrogens is 1. The molecule has 4 aromatic rings. The van der Waals surface area contributed by atoms with Crippen LogP contribution < -0.4 is 11.1 Å². The zero-order valence-electron chi connectivity index (χ0n) is 14.5. The summed E-state index contributed by atoms with van der Waals surface area (Å²) < 4.78 is 45.9. The Labute approximate surface area is 182 Å². The molecule has 0 radical (unpaired) electrons. The van der Waals surface area contributed by atoms with Gasteiger partial charge in [0.05, 0.1) is 21.7 Å². The number of hydrogen-bond donors (Lipinski definition) is 3. The predicted molar refractivity (Wildman–Crippen MR) is 110 cm³/mol. The van der Waals surface area contributed by atoms with Gasteiger partial charge in [-0.2, -0.15) is 18.3 Å². The van der Waals surface area contributed by atoms with Gasteiger partial charge in [0.15, 0.2) is 0 Å². The maximum absolute atomic E-state index is 13.4. The van der Waals surface area contributed by atoms with E-state index in [1.165, 1.54) is 24.6 Å². The molecular weight excluding hydrogens is 538 g/mol. The van der Waals surface area contributed by atoms with E-state index in [4.69, 9.17) is 10.2 Å². The molecule has 4 rings (SSSR count). The fraction of sp³-hybridized carbons (Fsp3) is 0.0588. The molecule has 4 aromatic heterocycles. The summed E-state index contributed by atoms with van der Waals surface area (Å²) in [6.45, 7) is 0. The number of nitrogens with zero attached hydrogens (tertiary/aromatic N) is 2. The van der Waals surface area contributed by atoms with Crippen molar-refractivity contribution in [1.82, 2.24) is 15.2 Å². The van der Waals surface area contributed by atoms with Crippen LogP contribution >= 0.6 is 33.9 Å². The van der Waals surface area contributed by atoms with E-state index in [2.05, 4.69) is 20.5 Å². The van der Waals surface area contributed by atoms with Crippen LogP contribution in [0.15, 0.2) is 35.1 Å². The molecule has 0 aliphatic carbocycles. The first kappa shape index (κ1) is 20.3. The van der Waals surface area contributed by atoms with Gasteiger partial charge in [-0.3, -0.25) is 14.7 Å². The Balaban J connectivity index is 1.99. The van der Waals surface area contributed by atoms with Gasteiger partial charge in [0.25, 0.3) is 11.8 Å². The molecule has 0 fully saturated rings. The number of amides is 2. The highest BCUT2D eigenvalue weighted by Crippen LogP contribution is 2.43. The van der Waals surface area contributed by atoms with E-state index in [9.17, 15) is 22.8 Å². The molecule has 0 aliphatic rings. The number of anilines is 1. The van der Waals surface area contributed by atoms with E-state index >= 15 is 0 Å². The monoisotopic (exact) mass is 547 g/mol. The molecule has 4 heterocycles. The lowest BCUT2D eigenvalue weighted by atomic mass is 10.1. The highest BCUT2D eigenvalue weighted by Gasteiger charge is 2.35. The average Bonchev–Trinajstić information content (AvgIpc) is 3.40. The van der Waals surface area contributed by atoms with Crippen molar-refractivity contribution in [2.45, 2.75) is 6.18 Å². The smallest absolute Gasteiger partial charge is 0.433 e. The van der Waals surface area contributed by atoms with Gasteiger partial charge < -0.3 is 15.5 Å². The third-order valence-electron chi connectivity index (χ3n) is 4.02. The number of thiophene rings is 1. The molecule has 0 saturated carbocycles. The fourth-order valence-corrected chi connectivity index (χ4v) is 4.28. The zero-order chi connectivity index (χ0) is 21.6. The third-order valence-corrected chi connectivity index (χ3v) is 5.94. The van der Waals surface area contributed by atoms with Gasteiger partial charge in [0.2, 0.25) is 0 Å². The lowest BCUT2D eigenvalue weighted by Gasteiger charge is -2.10. The normalized spacial score (nSPS) is 11.7. The highest BCUT2D eigenvalue weighted by atomic mass is 127. The molecule has 0 aliphatic heterocycles. The Morgan fingerprint density at radius 1 is 1.33 bits per heavy atom. The van der Waals surface area contributed by atoms with Crippen LogP contribution in [0.5, 0.6) is 0 Å². The lowest BCUT2D eigenvalue weighted by Crippen LogP contribution is -2.18. The lowest BCUT2D eigenvalue weighted by molar-refractivity contribution is -0.140. The number of furan rings is 1. The van der Waals surface area contributed by atoms with Crippen LogP contribution in [0.4, 0.5) is 18.9 Å². The second kappa shape index (κ2) is 7.39. The van der Waals surface area contributed by atoms with Crippen LogP contribution in [0.1, 0.15) is 25.9 Å². The van der Waals surface area contributed by atoms with Crippen LogP contribution in [0.2, 0.25) is 0 Å². The summed E-state index contributed by atoms with van der Waals surface area (Å²) in [7, 11) is 0. The highest BCUT2D eigenvalue weighted by molar-refractivity contribution is 14.1. The van der Waals surface area contributed by atoms with Gasteiger partial charge in [-0.15, -0.1) is 11.3 Å². The summed E-state index contributed by atoms with van der Waals surface area (Å²) in [6, 6.07) is 3.76. The van der Waals surface area contributed by atoms with Gasteiger partial charge in [0, 0.05) is 10.9 Å². The molecule has 2 amide bonds. The summed E-state index contributed by atoms with van der Waals surface area (Å²) in [4.78, 5) is 28.0. The molecule has 0 spiro atoms. The Morgan fingerprint density at radius 2 is 2.10 bits per heavy atom. The standard InChI is InChI=1S/C17H9F3IN5O3S/c18-17(19,20)9-4-6(8-2-1-3-29-8)10-12(13(14(22)27)30-16(10)24-9)25-15(28)11-7(21)5-23-26-11/h1-5H,(H2,22,27)(H,23,26)(H,25,28). The molecule has 0 aromatic carbocycles. The number of aromatic amines is 1. The molecule has 0 unspecified atom stereocenters. The molecule has 13 heteroatoms. The van der Waals surface area contributed by atoms with E-state index in [1.54, 1.807) is 0 Å². The minimum atomic E-state index is -4.73. The van der Waals surface area contributed by atoms with Crippen LogP contribution in [-0.4, -0.2) is 27.0 Å². The summed E-state index contributed by atoms with van der Waals surface area (Å²) >= 11 is 2.53. The van der Waals surface area contributed by atoms with E-state index in [-0.39, 0.29) is 37.8 Å². The number of fused-ring (bicyclic) bond motifs is 1. The topological polar surface area (TPSA) is 127 Å². The molecule has 0 atom stereocenters. The van der Waals surface area contributed by atoms with Crippen LogP contribution in [-0.2, 0) is 6.18 Å².